The highest BCUT2D eigenvalue weighted by atomic mass is 35.5. The first-order valence-electron chi connectivity index (χ1n) is 4.70. The fraction of sp³-hybridized carbons (Fsp3) is 0. The van der Waals surface area contributed by atoms with Crippen molar-refractivity contribution < 1.29 is 9.53 Å². The molecule has 0 saturated carbocycles. The number of benzene rings is 1. The number of aromatic nitrogens is 1. The number of esters is 1. The van der Waals surface area contributed by atoms with Gasteiger partial charge in [-0.25, -0.2) is 4.79 Å². The number of nitrogens with zero attached hydrogens (tertiary/aromatic N) is 1. The van der Waals surface area contributed by atoms with Gasteiger partial charge < -0.3 is 4.74 Å². The number of pyridine rings is 1. The molecule has 0 bridgehead atoms. The molecule has 0 atom stereocenters. The molecule has 0 amide bonds. The van der Waals surface area contributed by atoms with Gasteiger partial charge in [0, 0.05) is 17.7 Å². The summed E-state index contributed by atoms with van der Waals surface area (Å²) < 4.78 is 5.05. The number of hydrogen-bond acceptors (Lipinski definition) is 3. The standard InChI is InChI=1S/C12H7Cl2NO2/c1-2-10(16)17-12-9(14)6-8(13)7-4-3-5-15-11(7)12/h2-6H,1H2. The lowest BCUT2D eigenvalue weighted by Crippen LogP contribution is -2.04. The van der Waals surface area contributed by atoms with Gasteiger partial charge in [-0.15, -0.1) is 0 Å². The van der Waals surface area contributed by atoms with Crippen LogP contribution in [0.25, 0.3) is 10.9 Å². The third kappa shape index (κ3) is 2.25. The average molecular weight is 268 g/mol. The molecular weight excluding hydrogens is 261 g/mol. The maximum atomic E-state index is 11.2. The van der Waals surface area contributed by atoms with E-state index in [1.165, 1.54) is 6.07 Å². The number of rotatable bonds is 2. The third-order valence-corrected chi connectivity index (χ3v) is 2.71. The molecule has 2 aromatic rings. The van der Waals surface area contributed by atoms with E-state index in [1.54, 1.807) is 18.3 Å². The quantitative estimate of drug-likeness (QED) is 0.474. The molecule has 1 aromatic carbocycles. The SMILES string of the molecule is C=CC(=O)Oc1c(Cl)cc(Cl)c2cccnc12. The van der Waals surface area contributed by atoms with Crippen molar-refractivity contribution in [2.24, 2.45) is 0 Å². The van der Waals surface area contributed by atoms with Crippen LogP contribution in [0.3, 0.4) is 0 Å². The zero-order valence-corrected chi connectivity index (χ0v) is 10.1. The Balaban J connectivity index is 2.69. The van der Waals surface area contributed by atoms with Gasteiger partial charge in [-0.1, -0.05) is 29.8 Å². The van der Waals surface area contributed by atoms with Crippen LogP contribution >= 0.6 is 23.2 Å². The Bertz CT molecular complexity index is 611. The number of hydrogen-bond donors (Lipinski definition) is 0. The first-order valence-corrected chi connectivity index (χ1v) is 5.46. The Morgan fingerprint density at radius 2 is 2.18 bits per heavy atom. The molecule has 2 rings (SSSR count). The van der Waals surface area contributed by atoms with E-state index in [-0.39, 0.29) is 10.8 Å². The maximum Gasteiger partial charge on any atom is 0.335 e. The average Bonchev–Trinajstić information content (AvgIpc) is 2.34. The van der Waals surface area contributed by atoms with Crippen LogP contribution in [0.2, 0.25) is 10.0 Å². The van der Waals surface area contributed by atoms with Gasteiger partial charge in [0.05, 0.1) is 10.0 Å². The van der Waals surface area contributed by atoms with E-state index in [0.29, 0.717) is 15.9 Å². The first-order chi connectivity index (χ1) is 8.13. The molecule has 17 heavy (non-hydrogen) atoms. The van der Waals surface area contributed by atoms with Crippen molar-refractivity contribution in [1.29, 1.82) is 0 Å². The Labute approximate surface area is 108 Å². The van der Waals surface area contributed by atoms with Gasteiger partial charge in [-0.3, -0.25) is 4.98 Å². The van der Waals surface area contributed by atoms with E-state index < -0.39 is 5.97 Å². The fourth-order valence-electron chi connectivity index (χ4n) is 1.39. The number of ether oxygens (including phenoxy) is 1. The van der Waals surface area contributed by atoms with Gasteiger partial charge in [0.2, 0.25) is 0 Å². The minimum atomic E-state index is -0.596. The van der Waals surface area contributed by atoms with Crippen molar-refractivity contribution >= 4 is 40.1 Å². The highest BCUT2D eigenvalue weighted by Crippen LogP contribution is 2.36. The molecule has 0 aliphatic carbocycles. The second kappa shape index (κ2) is 4.73. The summed E-state index contributed by atoms with van der Waals surface area (Å²) in [7, 11) is 0. The molecule has 0 radical (unpaired) electrons. The van der Waals surface area contributed by atoms with Crippen LogP contribution < -0.4 is 4.74 Å². The lowest BCUT2D eigenvalue weighted by Gasteiger charge is -2.08. The summed E-state index contributed by atoms with van der Waals surface area (Å²) in [6, 6.07) is 5.02. The molecule has 0 unspecified atom stereocenters. The maximum absolute atomic E-state index is 11.2. The fourth-order valence-corrected chi connectivity index (χ4v) is 1.94. The van der Waals surface area contributed by atoms with Crippen LogP contribution in [0.4, 0.5) is 0 Å². The smallest absolute Gasteiger partial charge is 0.335 e. The predicted octanol–water partition coefficient (Wildman–Crippen LogP) is 3.63. The van der Waals surface area contributed by atoms with Gasteiger partial charge in [-0.2, -0.15) is 0 Å². The van der Waals surface area contributed by atoms with Crippen molar-refractivity contribution in [2.45, 2.75) is 0 Å². The first kappa shape index (κ1) is 11.9. The van der Waals surface area contributed by atoms with Crippen molar-refractivity contribution in [3.63, 3.8) is 0 Å². The monoisotopic (exact) mass is 267 g/mol. The van der Waals surface area contributed by atoms with E-state index in [1.807, 2.05) is 0 Å². The van der Waals surface area contributed by atoms with E-state index >= 15 is 0 Å². The Morgan fingerprint density at radius 3 is 2.88 bits per heavy atom. The Kier molecular flexibility index (Phi) is 3.31. The minimum Gasteiger partial charge on any atom is -0.419 e. The van der Waals surface area contributed by atoms with Crippen LogP contribution in [0.1, 0.15) is 0 Å². The molecule has 5 heteroatoms. The molecule has 0 aliphatic rings. The summed E-state index contributed by atoms with van der Waals surface area (Å²) >= 11 is 12.0. The van der Waals surface area contributed by atoms with E-state index in [9.17, 15) is 4.79 Å². The van der Waals surface area contributed by atoms with E-state index in [0.717, 1.165) is 6.08 Å². The minimum absolute atomic E-state index is 0.191. The van der Waals surface area contributed by atoms with E-state index in [2.05, 4.69) is 11.6 Å². The summed E-state index contributed by atoms with van der Waals surface area (Å²) in [5.41, 5.74) is 0.445. The second-order valence-corrected chi connectivity index (χ2v) is 4.01. The molecule has 0 spiro atoms. The lowest BCUT2D eigenvalue weighted by atomic mass is 10.2. The molecule has 0 N–H and O–H groups in total. The van der Waals surface area contributed by atoms with Crippen LogP contribution in [-0.4, -0.2) is 11.0 Å². The van der Waals surface area contributed by atoms with Gasteiger partial charge in [-0.05, 0) is 18.2 Å². The highest BCUT2D eigenvalue weighted by molar-refractivity contribution is 6.39. The number of fused-ring (bicyclic) bond motifs is 1. The molecule has 0 saturated heterocycles. The van der Waals surface area contributed by atoms with Crippen molar-refractivity contribution in [1.82, 2.24) is 4.98 Å². The van der Waals surface area contributed by atoms with Crippen molar-refractivity contribution in [3.8, 4) is 5.75 Å². The van der Waals surface area contributed by atoms with Gasteiger partial charge >= 0.3 is 5.97 Å². The molecule has 0 aliphatic heterocycles. The van der Waals surface area contributed by atoms with Gasteiger partial charge in [0.15, 0.2) is 5.75 Å². The summed E-state index contributed by atoms with van der Waals surface area (Å²) in [6.07, 6.45) is 2.62. The number of carbonyl (C=O) groups is 1. The largest absolute Gasteiger partial charge is 0.419 e. The molecule has 1 heterocycles. The van der Waals surface area contributed by atoms with Crippen LogP contribution in [0, 0.1) is 0 Å². The molecular formula is C12H7Cl2NO2. The van der Waals surface area contributed by atoms with Gasteiger partial charge in [0.25, 0.3) is 0 Å². The predicted molar refractivity (Wildman–Crippen MR) is 67.6 cm³/mol. The molecule has 86 valence electrons. The third-order valence-electron chi connectivity index (χ3n) is 2.12. The van der Waals surface area contributed by atoms with Crippen LogP contribution in [0.5, 0.6) is 5.75 Å². The zero-order chi connectivity index (χ0) is 12.4. The Hall–Kier alpha value is -1.58. The second-order valence-electron chi connectivity index (χ2n) is 3.19. The molecule has 1 aromatic heterocycles. The number of carbonyl (C=O) groups excluding carboxylic acids is 1. The number of halogens is 2. The summed E-state index contributed by atoms with van der Waals surface area (Å²) in [5, 5.41) is 1.36. The molecule has 3 nitrogen and oxygen atoms in total. The van der Waals surface area contributed by atoms with Crippen molar-refractivity contribution in [3.05, 3.63) is 47.1 Å². The van der Waals surface area contributed by atoms with Crippen LogP contribution in [0.15, 0.2) is 37.1 Å². The normalized spacial score (nSPS) is 10.2. The summed E-state index contributed by atoms with van der Waals surface area (Å²) in [4.78, 5) is 15.3. The zero-order valence-electron chi connectivity index (χ0n) is 8.61. The summed E-state index contributed by atoms with van der Waals surface area (Å²) in [6.45, 7) is 3.32. The summed E-state index contributed by atoms with van der Waals surface area (Å²) in [5.74, 6) is -0.405. The molecule has 0 fully saturated rings. The van der Waals surface area contributed by atoms with E-state index in [4.69, 9.17) is 27.9 Å². The van der Waals surface area contributed by atoms with Crippen molar-refractivity contribution in [2.75, 3.05) is 0 Å². The lowest BCUT2D eigenvalue weighted by molar-refractivity contribution is -0.128. The van der Waals surface area contributed by atoms with Gasteiger partial charge in [0.1, 0.15) is 5.52 Å². The highest BCUT2D eigenvalue weighted by Gasteiger charge is 2.14. The Morgan fingerprint density at radius 1 is 1.41 bits per heavy atom. The topological polar surface area (TPSA) is 39.2 Å². The van der Waals surface area contributed by atoms with Crippen LogP contribution in [-0.2, 0) is 4.79 Å².